The van der Waals surface area contributed by atoms with E-state index in [1.165, 1.54) is 30.1 Å². The van der Waals surface area contributed by atoms with Crippen LogP contribution < -0.4 is 4.90 Å². The molecule has 8 nitrogen and oxygen atoms in total. The Bertz CT molecular complexity index is 900. The van der Waals surface area contributed by atoms with Gasteiger partial charge in [-0.3, -0.25) is 14.9 Å². The van der Waals surface area contributed by atoms with Gasteiger partial charge in [-0.2, -0.15) is 4.31 Å². The van der Waals surface area contributed by atoms with Crippen LogP contribution in [-0.4, -0.2) is 43.7 Å². The third-order valence-electron chi connectivity index (χ3n) is 3.78. The zero-order chi connectivity index (χ0) is 19.3. The summed E-state index contributed by atoms with van der Waals surface area (Å²) in [6.07, 6.45) is 0. The second-order valence-corrected chi connectivity index (χ2v) is 7.53. The smallest absolute Gasteiger partial charge is 0.270 e. The molecule has 2 aromatic carbocycles. The maximum Gasteiger partial charge on any atom is 0.270 e. The lowest BCUT2D eigenvalue weighted by atomic mass is 10.3. The van der Waals surface area contributed by atoms with Crippen molar-refractivity contribution in [3.63, 3.8) is 0 Å². The van der Waals surface area contributed by atoms with E-state index in [2.05, 4.69) is 0 Å². The number of nitro benzene ring substituents is 1. The summed E-state index contributed by atoms with van der Waals surface area (Å²) in [6, 6.07) is 13.7. The lowest BCUT2D eigenvalue weighted by Crippen LogP contribution is -2.41. The largest absolute Gasteiger partial charge is 0.312 e. The second-order valence-electron chi connectivity index (χ2n) is 5.49. The van der Waals surface area contributed by atoms with Crippen LogP contribution in [0.25, 0.3) is 0 Å². The molecular weight excluding hydrogens is 358 g/mol. The number of sulfonamides is 1. The molecule has 0 fully saturated rings. The maximum atomic E-state index is 12.6. The Morgan fingerprint density at radius 1 is 1.12 bits per heavy atom. The fourth-order valence-corrected chi connectivity index (χ4v) is 3.57. The maximum absolute atomic E-state index is 12.6. The van der Waals surface area contributed by atoms with E-state index in [0.29, 0.717) is 12.2 Å². The molecule has 0 radical (unpaired) electrons. The molecule has 138 valence electrons. The first-order valence-electron chi connectivity index (χ1n) is 7.83. The predicted octanol–water partition coefficient (Wildman–Crippen LogP) is 2.27. The van der Waals surface area contributed by atoms with Crippen molar-refractivity contribution < 1.29 is 18.1 Å². The van der Waals surface area contributed by atoms with Gasteiger partial charge in [0.25, 0.3) is 5.69 Å². The number of carbonyl (C=O) groups is 1. The van der Waals surface area contributed by atoms with Gasteiger partial charge < -0.3 is 4.90 Å². The van der Waals surface area contributed by atoms with Gasteiger partial charge in [0.1, 0.15) is 0 Å². The number of carbonyl (C=O) groups excluding carboxylic acids is 1. The molecule has 0 spiro atoms. The van der Waals surface area contributed by atoms with Crippen molar-refractivity contribution in [2.24, 2.45) is 0 Å². The number of likely N-dealkylation sites (N-methyl/N-ethyl adjacent to an activating group) is 2. The Hall–Kier alpha value is -2.78. The van der Waals surface area contributed by atoms with Crippen molar-refractivity contribution in [2.75, 3.05) is 25.0 Å². The average molecular weight is 377 g/mol. The molecule has 0 aromatic heterocycles. The van der Waals surface area contributed by atoms with E-state index in [1.54, 1.807) is 31.2 Å². The molecule has 0 bridgehead atoms. The van der Waals surface area contributed by atoms with Crippen LogP contribution in [0, 0.1) is 10.1 Å². The highest BCUT2D eigenvalue weighted by Crippen LogP contribution is 2.21. The van der Waals surface area contributed by atoms with Crippen molar-refractivity contribution >= 4 is 27.3 Å². The number of amides is 1. The molecule has 26 heavy (non-hydrogen) atoms. The number of rotatable bonds is 7. The predicted molar refractivity (Wildman–Crippen MR) is 97.4 cm³/mol. The Morgan fingerprint density at radius 3 is 2.35 bits per heavy atom. The fourth-order valence-electron chi connectivity index (χ4n) is 2.41. The SMILES string of the molecule is CCN(C(=O)CN(C)S(=O)(=O)c1cccc([N+](=O)[O-])c1)c1ccccc1. The molecule has 0 heterocycles. The summed E-state index contributed by atoms with van der Waals surface area (Å²) in [4.78, 5) is 24.0. The quantitative estimate of drug-likeness (QED) is 0.544. The lowest BCUT2D eigenvalue weighted by molar-refractivity contribution is -0.385. The van der Waals surface area contributed by atoms with Gasteiger partial charge in [0.2, 0.25) is 15.9 Å². The molecule has 2 rings (SSSR count). The summed E-state index contributed by atoms with van der Waals surface area (Å²) >= 11 is 0. The highest BCUT2D eigenvalue weighted by molar-refractivity contribution is 7.89. The second kappa shape index (κ2) is 8.07. The molecule has 0 aliphatic heterocycles. The van der Waals surface area contributed by atoms with E-state index in [0.717, 1.165) is 10.4 Å². The minimum Gasteiger partial charge on any atom is -0.312 e. The van der Waals surface area contributed by atoms with E-state index in [1.807, 2.05) is 6.07 Å². The van der Waals surface area contributed by atoms with Crippen molar-refractivity contribution in [3.05, 3.63) is 64.7 Å². The fraction of sp³-hybridized carbons (Fsp3) is 0.235. The van der Waals surface area contributed by atoms with Gasteiger partial charge >= 0.3 is 0 Å². The number of benzene rings is 2. The molecule has 0 unspecified atom stereocenters. The molecule has 2 aromatic rings. The van der Waals surface area contributed by atoms with Gasteiger partial charge in [-0.05, 0) is 25.1 Å². The molecule has 9 heteroatoms. The minimum atomic E-state index is -4.03. The molecule has 0 aliphatic rings. The zero-order valence-corrected chi connectivity index (χ0v) is 15.2. The number of hydrogen-bond acceptors (Lipinski definition) is 5. The Labute approximate surface area is 151 Å². The molecule has 0 saturated carbocycles. The number of nitrogens with zero attached hydrogens (tertiary/aromatic N) is 3. The number of para-hydroxylation sites is 1. The standard InChI is InChI=1S/C17H19N3O5S/c1-3-19(14-8-5-4-6-9-14)17(21)13-18(2)26(24,25)16-11-7-10-15(12-16)20(22)23/h4-12H,3,13H2,1-2H3. The van der Waals surface area contributed by atoms with Gasteiger partial charge in [0.15, 0.2) is 0 Å². The van der Waals surface area contributed by atoms with Crippen LogP contribution in [0.2, 0.25) is 0 Å². The van der Waals surface area contributed by atoms with E-state index in [-0.39, 0.29) is 17.1 Å². The normalized spacial score (nSPS) is 11.3. The van der Waals surface area contributed by atoms with Gasteiger partial charge in [0, 0.05) is 31.4 Å². The summed E-state index contributed by atoms with van der Waals surface area (Å²) in [6.45, 7) is 1.79. The van der Waals surface area contributed by atoms with E-state index in [9.17, 15) is 23.3 Å². The Kier molecular flexibility index (Phi) is 6.06. The van der Waals surface area contributed by atoms with Crippen molar-refractivity contribution in [3.8, 4) is 0 Å². The summed E-state index contributed by atoms with van der Waals surface area (Å²) in [5.74, 6) is -0.393. The van der Waals surface area contributed by atoms with E-state index >= 15 is 0 Å². The highest BCUT2D eigenvalue weighted by atomic mass is 32.2. The van der Waals surface area contributed by atoms with Crippen molar-refractivity contribution in [1.29, 1.82) is 0 Å². The van der Waals surface area contributed by atoms with Crippen LogP contribution in [-0.2, 0) is 14.8 Å². The van der Waals surface area contributed by atoms with Crippen LogP contribution in [0.1, 0.15) is 6.92 Å². The van der Waals surface area contributed by atoms with E-state index < -0.39 is 20.9 Å². The number of non-ortho nitro benzene ring substituents is 1. The van der Waals surface area contributed by atoms with Crippen LogP contribution in [0.15, 0.2) is 59.5 Å². The molecule has 0 aliphatic carbocycles. The summed E-state index contributed by atoms with van der Waals surface area (Å²) in [5, 5.41) is 10.8. The van der Waals surface area contributed by atoms with Crippen LogP contribution in [0.4, 0.5) is 11.4 Å². The van der Waals surface area contributed by atoms with Crippen molar-refractivity contribution in [2.45, 2.75) is 11.8 Å². The van der Waals surface area contributed by atoms with Gasteiger partial charge in [-0.1, -0.05) is 24.3 Å². The van der Waals surface area contributed by atoms with Gasteiger partial charge in [-0.15, -0.1) is 0 Å². The number of hydrogen-bond donors (Lipinski definition) is 0. The van der Waals surface area contributed by atoms with Gasteiger partial charge in [0.05, 0.1) is 16.4 Å². The first kappa shape index (κ1) is 19.5. The van der Waals surface area contributed by atoms with Gasteiger partial charge in [-0.25, -0.2) is 8.42 Å². The molecule has 0 atom stereocenters. The minimum absolute atomic E-state index is 0.232. The first-order chi connectivity index (χ1) is 12.3. The molecule has 0 N–H and O–H groups in total. The van der Waals surface area contributed by atoms with Crippen molar-refractivity contribution in [1.82, 2.24) is 4.31 Å². The lowest BCUT2D eigenvalue weighted by Gasteiger charge is -2.24. The number of anilines is 1. The van der Waals surface area contributed by atoms with Crippen LogP contribution in [0.5, 0.6) is 0 Å². The average Bonchev–Trinajstić information content (AvgIpc) is 2.63. The molecule has 0 saturated heterocycles. The Balaban J connectivity index is 2.22. The third kappa shape index (κ3) is 4.24. The first-order valence-corrected chi connectivity index (χ1v) is 9.27. The third-order valence-corrected chi connectivity index (χ3v) is 5.58. The monoisotopic (exact) mass is 377 g/mol. The van der Waals surface area contributed by atoms with Crippen LogP contribution >= 0.6 is 0 Å². The summed E-state index contributed by atoms with van der Waals surface area (Å²) in [5.41, 5.74) is 0.339. The Morgan fingerprint density at radius 2 is 1.77 bits per heavy atom. The number of nitro groups is 1. The van der Waals surface area contributed by atoms with E-state index in [4.69, 9.17) is 0 Å². The molecule has 1 amide bonds. The summed E-state index contributed by atoms with van der Waals surface area (Å²) < 4.78 is 26.1. The molecular formula is C17H19N3O5S. The highest BCUT2D eigenvalue weighted by Gasteiger charge is 2.26. The van der Waals surface area contributed by atoms with Crippen LogP contribution in [0.3, 0.4) is 0 Å². The summed E-state index contributed by atoms with van der Waals surface area (Å²) in [7, 11) is -2.76. The zero-order valence-electron chi connectivity index (χ0n) is 14.4. The topological polar surface area (TPSA) is 101 Å².